The second kappa shape index (κ2) is 13.9. The van der Waals surface area contributed by atoms with Gasteiger partial charge in [0.25, 0.3) is 0 Å². The van der Waals surface area contributed by atoms with E-state index in [0.717, 1.165) is 30.5 Å². The lowest BCUT2D eigenvalue weighted by molar-refractivity contribution is 0.229. The Hall–Kier alpha value is -1.22. The molecule has 2 N–H and O–H groups in total. The Labute approximate surface area is 187 Å². The van der Waals surface area contributed by atoms with Gasteiger partial charge in [0.15, 0.2) is 5.96 Å². The number of halogens is 1. The summed E-state index contributed by atoms with van der Waals surface area (Å²) in [6.45, 7) is 12.4. The number of nitrogens with one attached hydrogen (secondary N) is 2. The molecule has 1 aromatic rings. The molecule has 0 spiro atoms. The molecule has 0 amide bonds. The van der Waals surface area contributed by atoms with Crippen molar-refractivity contribution in [3.8, 4) is 11.5 Å². The highest BCUT2D eigenvalue weighted by Crippen LogP contribution is 2.20. The molecular weight excluding hydrogens is 467 g/mol. The molecule has 1 aromatic carbocycles. The number of benzene rings is 1. The zero-order chi connectivity index (χ0) is 19.5. The van der Waals surface area contributed by atoms with Gasteiger partial charge in [-0.1, -0.05) is 13.0 Å². The Morgan fingerprint density at radius 2 is 2.07 bits per heavy atom. The lowest BCUT2D eigenvalue weighted by Crippen LogP contribution is -2.41. The van der Waals surface area contributed by atoms with E-state index < -0.39 is 0 Å². The van der Waals surface area contributed by atoms with Crippen molar-refractivity contribution in [1.29, 1.82) is 0 Å². The van der Waals surface area contributed by atoms with Crippen LogP contribution in [0.25, 0.3) is 0 Å². The van der Waals surface area contributed by atoms with Crippen molar-refractivity contribution >= 4 is 29.9 Å². The number of rotatable bonds is 10. The third-order valence-electron chi connectivity index (χ3n) is 4.70. The Bertz CT molecular complexity index is 585. The van der Waals surface area contributed by atoms with E-state index >= 15 is 0 Å². The predicted octanol–water partition coefficient (Wildman–Crippen LogP) is 3.37. The van der Waals surface area contributed by atoms with Crippen molar-refractivity contribution < 1.29 is 9.47 Å². The van der Waals surface area contributed by atoms with Gasteiger partial charge >= 0.3 is 0 Å². The highest BCUT2D eigenvalue weighted by Gasteiger charge is 2.21. The van der Waals surface area contributed by atoms with E-state index in [1.54, 1.807) is 7.11 Å². The van der Waals surface area contributed by atoms with Gasteiger partial charge in [-0.05, 0) is 57.8 Å². The van der Waals surface area contributed by atoms with Gasteiger partial charge in [0.05, 0.1) is 13.7 Å². The van der Waals surface area contributed by atoms with Crippen molar-refractivity contribution in [2.45, 2.75) is 39.7 Å². The monoisotopic (exact) mass is 504 g/mol. The minimum atomic E-state index is -0.0147. The molecule has 6 nitrogen and oxygen atoms in total. The van der Waals surface area contributed by atoms with Crippen LogP contribution in [-0.2, 0) is 0 Å². The number of ether oxygens (including phenoxy) is 2. The summed E-state index contributed by atoms with van der Waals surface area (Å²) < 4.78 is 11.2. The third-order valence-corrected chi connectivity index (χ3v) is 4.70. The van der Waals surface area contributed by atoms with Gasteiger partial charge in [-0.25, -0.2) is 4.99 Å². The molecular formula is C21H37IN4O2. The molecule has 1 fully saturated rings. The van der Waals surface area contributed by atoms with Crippen molar-refractivity contribution in [2.75, 3.05) is 46.4 Å². The zero-order valence-electron chi connectivity index (χ0n) is 17.7. The first-order chi connectivity index (χ1) is 13.1. The van der Waals surface area contributed by atoms with Crippen LogP contribution < -0.4 is 20.1 Å². The summed E-state index contributed by atoms with van der Waals surface area (Å²) in [6.07, 6.45) is 2.48. The summed E-state index contributed by atoms with van der Waals surface area (Å²) in [5.74, 6) is 3.17. The molecule has 7 heteroatoms. The molecule has 28 heavy (non-hydrogen) atoms. The molecule has 0 aliphatic carbocycles. The van der Waals surface area contributed by atoms with Crippen LogP contribution in [0.1, 0.15) is 33.6 Å². The van der Waals surface area contributed by atoms with E-state index in [1.165, 1.54) is 32.5 Å². The third kappa shape index (κ3) is 8.86. The summed E-state index contributed by atoms with van der Waals surface area (Å²) in [5.41, 5.74) is 0. The maximum absolute atomic E-state index is 5.95. The molecule has 0 bridgehead atoms. The van der Waals surface area contributed by atoms with E-state index in [4.69, 9.17) is 14.5 Å². The minimum Gasteiger partial charge on any atom is -0.497 e. The van der Waals surface area contributed by atoms with Gasteiger partial charge < -0.3 is 25.0 Å². The normalized spacial score (nSPS) is 18.3. The van der Waals surface area contributed by atoms with Gasteiger partial charge in [-0.2, -0.15) is 0 Å². The number of methoxy groups -OCH3 is 1. The Kier molecular flexibility index (Phi) is 12.3. The van der Waals surface area contributed by atoms with E-state index in [0.29, 0.717) is 12.5 Å². The number of nitrogens with zero attached hydrogens (tertiary/aromatic N) is 2. The summed E-state index contributed by atoms with van der Waals surface area (Å²) >= 11 is 0. The smallest absolute Gasteiger partial charge is 0.191 e. The maximum atomic E-state index is 5.95. The number of likely N-dealkylation sites (tertiary alicyclic amines) is 1. The average Bonchev–Trinajstić information content (AvgIpc) is 3.12. The van der Waals surface area contributed by atoms with Crippen molar-refractivity contribution in [2.24, 2.45) is 10.9 Å². The van der Waals surface area contributed by atoms with Crippen LogP contribution in [0, 0.1) is 5.92 Å². The molecule has 1 saturated heterocycles. The predicted molar refractivity (Wildman–Crippen MR) is 127 cm³/mol. The van der Waals surface area contributed by atoms with Crippen LogP contribution in [-0.4, -0.2) is 63.3 Å². The lowest BCUT2D eigenvalue weighted by Gasteiger charge is -2.18. The molecule has 1 aliphatic rings. The van der Waals surface area contributed by atoms with Gasteiger partial charge in [0.1, 0.15) is 17.6 Å². The van der Waals surface area contributed by atoms with Crippen molar-refractivity contribution in [3.63, 3.8) is 0 Å². The Morgan fingerprint density at radius 3 is 2.79 bits per heavy atom. The van der Waals surface area contributed by atoms with Crippen molar-refractivity contribution in [1.82, 2.24) is 15.5 Å². The Morgan fingerprint density at radius 1 is 1.29 bits per heavy atom. The topological polar surface area (TPSA) is 58.1 Å². The highest BCUT2D eigenvalue weighted by molar-refractivity contribution is 14.0. The Balaban J connectivity index is 0.00000392. The molecule has 1 aliphatic heterocycles. The second-order valence-electron chi connectivity index (χ2n) is 7.16. The van der Waals surface area contributed by atoms with Crippen LogP contribution in [0.2, 0.25) is 0 Å². The summed E-state index contributed by atoms with van der Waals surface area (Å²) in [5, 5.41) is 6.83. The summed E-state index contributed by atoms with van der Waals surface area (Å²) in [4.78, 5) is 7.25. The van der Waals surface area contributed by atoms with E-state index in [-0.39, 0.29) is 30.1 Å². The summed E-state index contributed by atoms with van der Waals surface area (Å²) in [7, 11) is 1.66. The molecule has 1 heterocycles. The zero-order valence-corrected chi connectivity index (χ0v) is 20.1. The van der Waals surface area contributed by atoms with Gasteiger partial charge in [0, 0.05) is 25.7 Å². The largest absolute Gasteiger partial charge is 0.497 e. The fourth-order valence-corrected chi connectivity index (χ4v) is 3.35. The van der Waals surface area contributed by atoms with Gasteiger partial charge in [0.2, 0.25) is 0 Å². The van der Waals surface area contributed by atoms with E-state index in [2.05, 4.69) is 29.4 Å². The van der Waals surface area contributed by atoms with Crippen LogP contribution in [0.5, 0.6) is 11.5 Å². The average molecular weight is 504 g/mol. The number of hydrogen-bond acceptors (Lipinski definition) is 4. The van der Waals surface area contributed by atoms with Gasteiger partial charge in [-0.3, -0.25) is 0 Å². The van der Waals surface area contributed by atoms with Crippen LogP contribution >= 0.6 is 24.0 Å². The maximum Gasteiger partial charge on any atom is 0.191 e. The van der Waals surface area contributed by atoms with Crippen molar-refractivity contribution in [3.05, 3.63) is 24.3 Å². The SMILES string of the molecule is CCCN1CCC(CNC(=NCC(C)Oc2cccc(OC)c2)NCC)C1.I. The highest BCUT2D eigenvalue weighted by atomic mass is 127. The lowest BCUT2D eigenvalue weighted by atomic mass is 10.1. The number of guanidine groups is 1. The standard InChI is InChI=1S/C21H36N4O2.HI/c1-5-11-25-12-10-18(16-25)15-24-21(22-6-2)23-14-17(3)27-20-9-7-8-19(13-20)26-4;/h7-9,13,17-18H,5-6,10-12,14-16H2,1-4H3,(H2,22,23,24);1H. The molecule has 2 rings (SSSR count). The van der Waals surface area contributed by atoms with Crippen LogP contribution in [0.3, 0.4) is 0 Å². The molecule has 0 saturated carbocycles. The first kappa shape index (κ1) is 24.8. The summed E-state index contributed by atoms with van der Waals surface area (Å²) in [6, 6.07) is 7.67. The minimum absolute atomic E-state index is 0. The fraction of sp³-hybridized carbons (Fsp3) is 0.667. The number of aliphatic imine (C=N–C) groups is 1. The van der Waals surface area contributed by atoms with Crippen LogP contribution in [0.4, 0.5) is 0 Å². The van der Waals surface area contributed by atoms with Crippen LogP contribution in [0.15, 0.2) is 29.3 Å². The van der Waals surface area contributed by atoms with Gasteiger partial charge in [-0.15, -0.1) is 24.0 Å². The number of hydrogen-bond donors (Lipinski definition) is 2. The second-order valence-corrected chi connectivity index (χ2v) is 7.16. The molecule has 2 atom stereocenters. The first-order valence-electron chi connectivity index (χ1n) is 10.2. The fourth-order valence-electron chi connectivity index (χ4n) is 3.35. The quantitative estimate of drug-likeness (QED) is 0.291. The van der Waals surface area contributed by atoms with E-state index in [9.17, 15) is 0 Å². The molecule has 0 aromatic heterocycles. The molecule has 160 valence electrons. The molecule has 0 radical (unpaired) electrons. The molecule has 2 unspecified atom stereocenters. The van der Waals surface area contributed by atoms with E-state index in [1.807, 2.05) is 31.2 Å². The first-order valence-corrected chi connectivity index (χ1v) is 10.2.